The van der Waals surface area contributed by atoms with Crippen molar-refractivity contribution >= 4 is 60.8 Å². The molecule has 0 atom stereocenters. The van der Waals surface area contributed by atoms with Crippen molar-refractivity contribution < 1.29 is 4.42 Å². The van der Waals surface area contributed by atoms with Gasteiger partial charge in [-0.3, -0.25) is 0 Å². The van der Waals surface area contributed by atoms with Crippen LogP contribution in [0.2, 0.25) is 0 Å². The van der Waals surface area contributed by atoms with Gasteiger partial charge in [-0.2, -0.15) is 0 Å². The number of hydrogen-bond donors (Lipinski definition) is 0. The van der Waals surface area contributed by atoms with E-state index < -0.39 is 0 Å². The first-order chi connectivity index (χ1) is 28.3. The van der Waals surface area contributed by atoms with Gasteiger partial charge in [0.2, 0.25) is 0 Å². The normalized spacial score (nSPS) is 11.5. The van der Waals surface area contributed by atoms with Gasteiger partial charge in [-0.15, -0.1) is 0 Å². The highest BCUT2D eigenvalue weighted by molar-refractivity contribution is 6.12. The lowest BCUT2D eigenvalue weighted by Crippen LogP contribution is -2.10. The molecular weight excluding hydrogens is 693 g/mol. The van der Waals surface area contributed by atoms with Gasteiger partial charge in [-0.1, -0.05) is 140 Å². The summed E-state index contributed by atoms with van der Waals surface area (Å²) >= 11 is 0. The first kappa shape index (κ1) is 32.8. The summed E-state index contributed by atoms with van der Waals surface area (Å²) in [4.78, 5) is 2.34. The summed E-state index contributed by atoms with van der Waals surface area (Å²) < 4.78 is 8.59. The maximum Gasteiger partial charge on any atom is 0.136 e. The van der Waals surface area contributed by atoms with Crippen molar-refractivity contribution in [2.45, 2.75) is 0 Å². The topological polar surface area (TPSA) is 21.3 Å². The molecule has 0 bridgehead atoms. The quantitative estimate of drug-likeness (QED) is 0.163. The molecule has 0 aliphatic heterocycles. The van der Waals surface area contributed by atoms with Crippen molar-refractivity contribution in [3.05, 3.63) is 218 Å². The van der Waals surface area contributed by atoms with Crippen LogP contribution in [0.25, 0.3) is 82.8 Å². The molecule has 9 aromatic carbocycles. The molecule has 11 aromatic rings. The molecule has 2 heterocycles. The Bertz CT molecular complexity index is 3160. The van der Waals surface area contributed by atoms with Crippen LogP contribution in [-0.4, -0.2) is 4.57 Å². The second kappa shape index (κ2) is 13.6. The third-order valence-electron chi connectivity index (χ3n) is 11.2. The number of benzene rings is 9. The molecule has 3 nitrogen and oxygen atoms in total. The maximum atomic E-state index is 6.22. The fourth-order valence-corrected chi connectivity index (χ4v) is 8.52. The molecule has 0 saturated heterocycles. The van der Waals surface area contributed by atoms with Crippen molar-refractivity contribution in [1.29, 1.82) is 0 Å². The van der Waals surface area contributed by atoms with Crippen LogP contribution in [0.4, 0.5) is 17.1 Å². The molecule has 0 fully saturated rings. The maximum absolute atomic E-state index is 6.22. The molecule has 0 saturated carbocycles. The molecule has 0 radical (unpaired) electrons. The van der Waals surface area contributed by atoms with E-state index >= 15 is 0 Å². The lowest BCUT2D eigenvalue weighted by Gasteiger charge is -2.26. The Morgan fingerprint density at radius 2 is 0.807 bits per heavy atom. The number of anilines is 3. The predicted octanol–water partition coefficient (Wildman–Crippen LogP) is 15.2. The first-order valence-corrected chi connectivity index (χ1v) is 19.4. The van der Waals surface area contributed by atoms with Gasteiger partial charge >= 0.3 is 0 Å². The van der Waals surface area contributed by atoms with E-state index in [-0.39, 0.29) is 0 Å². The molecule has 3 heteroatoms. The van der Waals surface area contributed by atoms with Gasteiger partial charge in [-0.25, -0.2) is 0 Å². The van der Waals surface area contributed by atoms with Crippen LogP contribution in [0.15, 0.2) is 223 Å². The molecule has 2 aromatic heterocycles. The van der Waals surface area contributed by atoms with Gasteiger partial charge in [0, 0.05) is 44.3 Å². The van der Waals surface area contributed by atoms with E-state index in [9.17, 15) is 0 Å². The summed E-state index contributed by atoms with van der Waals surface area (Å²) in [6.07, 6.45) is 0. The average Bonchev–Trinajstić information content (AvgIpc) is 3.84. The van der Waals surface area contributed by atoms with E-state index in [2.05, 4.69) is 216 Å². The number of nitrogens with zero attached hydrogens (tertiary/aromatic N) is 2. The fourth-order valence-electron chi connectivity index (χ4n) is 8.52. The van der Waals surface area contributed by atoms with Crippen molar-refractivity contribution in [2.75, 3.05) is 4.90 Å². The van der Waals surface area contributed by atoms with Crippen LogP contribution >= 0.6 is 0 Å². The zero-order valence-corrected chi connectivity index (χ0v) is 31.1. The molecular formula is C54H36N2O. The van der Waals surface area contributed by atoms with Crippen LogP contribution in [0.5, 0.6) is 0 Å². The summed E-state index contributed by atoms with van der Waals surface area (Å²) in [5.41, 5.74) is 15.7. The first-order valence-electron chi connectivity index (χ1n) is 19.4. The van der Waals surface area contributed by atoms with Gasteiger partial charge in [-0.05, 0) is 112 Å². The second-order valence-corrected chi connectivity index (χ2v) is 14.5. The number of hydrogen-bond acceptors (Lipinski definition) is 2. The predicted molar refractivity (Wildman–Crippen MR) is 239 cm³/mol. The summed E-state index contributed by atoms with van der Waals surface area (Å²) in [6, 6.07) is 78.1. The minimum absolute atomic E-state index is 0.906. The van der Waals surface area contributed by atoms with Crippen LogP contribution in [0, 0.1) is 0 Å². The summed E-state index contributed by atoms with van der Waals surface area (Å²) in [5.74, 6) is 0. The number of para-hydroxylation sites is 3. The molecule has 0 aliphatic rings. The summed E-state index contributed by atoms with van der Waals surface area (Å²) in [7, 11) is 0. The van der Waals surface area contributed by atoms with Crippen LogP contribution in [0.1, 0.15) is 0 Å². The van der Waals surface area contributed by atoms with Gasteiger partial charge in [0.05, 0.1) is 11.0 Å². The molecule has 57 heavy (non-hydrogen) atoms. The van der Waals surface area contributed by atoms with Crippen molar-refractivity contribution in [1.82, 2.24) is 4.57 Å². The third-order valence-corrected chi connectivity index (χ3v) is 11.2. The van der Waals surface area contributed by atoms with Crippen molar-refractivity contribution in [3.63, 3.8) is 0 Å². The molecule has 0 amide bonds. The Labute approximate surface area is 330 Å². The number of rotatable bonds is 7. The van der Waals surface area contributed by atoms with Crippen LogP contribution in [0.3, 0.4) is 0 Å². The molecule has 11 rings (SSSR count). The smallest absolute Gasteiger partial charge is 0.136 e. The number of aromatic nitrogens is 1. The zero-order chi connectivity index (χ0) is 37.7. The van der Waals surface area contributed by atoms with Crippen LogP contribution in [-0.2, 0) is 0 Å². The highest BCUT2D eigenvalue weighted by atomic mass is 16.3. The van der Waals surface area contributed by atoms with E-state index in [0.29, 0.717) is 0 Å². The standard InChI is InChI=1S/C54H36N2O/c1-2-12-37(13-3-1)38-24-28-42(29-25-38)55(44-32-34-45(35-33-44)56-50-20-7-4-16-47(50)48-17-5-8-21-51(48)56)43-30-26-39(27-31-43)40-14-10-15-41(36-40)46-19-11-23-53-54(46)49-18-6-9-22-52(49)57-53/h1-36H. The molecule has 0 unspecified atom stereocenters. The van der Waals surface area contributed by atoms with E-state index in [4.69, 9.17) is 4.42 Å². The Hall–Kier alpha value is -7.62. The Balaban J connectivity index is 0.979. The fraction of sp³-hybridized carbons (Fsp3) is 0. The van der Waals surface area contributed by atoms with Gasteiger partial charge in [0.15, 0.2) is 0 Å². The Kier molecular flexibility index (Phi) is 7.82. The molecule has 268 valence electrons. The largest absolute Gasteiger partial charge is 0.456 e. The Morgan fingerprint density at radius 3 is 1.47 bits per heavy atom. The zero-order valence-electron chi connectivity index (χ0n) is 31.1. The lowest BCUT2D eigenvalue weighted by molar-refractivity contribution is 0.669. The molecule has 0 N–H and O–H groups in total. The Morgan fingerprint density at radius 1 is 0.333 bits per heavy atom. The second-order valence-electron chi connectivity index (χ2n) is 14.5. The van der Waals surface area contributed by atoms with Crippen molar-refractivity contribution in [2.24, 2.45) is 0 Å². The van der Waals surface area contributed by atoms with Crippen LogP contribution < -0.4 is 4.90 Å². The number of furan rings is 1. The van der Waals surface area contributed by atoms with Crippen molar-refractivity contribution in [3.8, 4) is 39.1 Å². The minimum atomic E-state index is 0.906. The van der Waals surface area contributed by atoms with E-state index in [1.807, 2.05) is 12.1 Å². The third kappa shape index (κ3) is 5.68. The molecule has 0 spiro atoms. The minimum Gasteiger partial charge on any atom is -0.456 e. The highest BCUT2D eigenvalue weighted by Gasteiger charge is 2.17. The summed E-state index contributed by atoms with van der Waals surface area (Å²) in [6.45, 7) is 0. The van der Waals surface area contributed by atoms with Gasteiger partial charge < -0.3 is 13.9 Å². The SMILES string of the molecule is c1ccc(-c2ccc(N(c3ccc(-c4cccc(-c5cccc6oc7ccccc7c56)c4)cc3)c3ccc(-n4c5ccccc5c5ccccc54)cc3)cc2)cc1. The van der Waals surface area contributed by atoms with E-state index in [0.717, 1.165) is 61.4 Å². The van der Waals surface area contributed by atoms with Gasteiger partial charge in [0.1, 0.15) is 11.2 Å². The summed E-state index contributed by atoms with van der Waals surface area (Å²) in [5, 5.41) is 4.81. The average molecular weight is 729 g/mol. The van der Waals surface area contributed by atoms with Gasteiger partial charge in [0.25, 0.3) is 0 Å². The monoisotopic (exact) mass is 728 g/mol. The van der Waals surface area contributed by atoms with E-state index in [1.54, 1.807) is 0 Å². The number of fused-ring (bicyclic) bond motifs is 6. The van der Waals surface area contributed by atoms with E-state index in [1.165, 1.54) is 38.5 Å². The highest BCUT2D eigenvalue weighted by Crippen LogP contribution is 2.40. The molecule has 0 aliphatic carbocycles. The lowest BCUT2D eigenvalue weighted by atomic mass is 9.96.